The van der Waals surface area contributed by atoms with E-state index in [4.69, 9.17) is 0 Å². The third-order valence-corrected chi connectivity index (χ3v) is 3.87. The number of thiol groups is 1. The second-order valence-electron chi connectivity index (χ2n) is 4.96. The van der Waals surface area contributed by atoms with Crippen molar-refractivity contribution in [1.29, 1.82) is 0 Å². The first-order chi connectivity index (χ1) is 8.93. The first-order valence-electron chi connectivity index (χ1n) is 6.11. The molecule has 1 aliphatic rings. The molecule has 1 heterocycles. The Labute approximate surface area is 117 Å². The highest BCUT2D eigenvalue weighted by molar-refractivity contribution is 7.80. The number of anilines is 1. The van der Waals surface area contributed by atoms with E-state index < -0.39 is 4.92 Å². The first kappa shape index (κ1) is 13.9. The molecule has 1 aromatic rings. The highest BCUT2D eigenvalue weighted by Crippen LogP contribution is 2.36. The number of nitro groups is 1. The van der Waals surface area contributed by atoms with Crippen LogP contribution in [0.3, 0.4) is 0 Å². The van der Waals surface area contributed by atoms with Crippen molar-refractivity contribution < 1.29 is 9.72 Å². The maximum absolute atomic E-state index is 12.0. The van der Waals surface area contributed by atoms with Crippen molar-refractivity contribution in [2.75, 3.05) is 17.2 Å². The summed E-state index contributed by atoms with van der Waals surface area (Å²) in [6, 6.07) is 3.38. The molecule has 0 spiro atoms. The highest BCUT2D eigenvalue weighted by Gasteiger charge is 2.34. The monoisotopic (exact) mass is 280 g/mol. The Hall–Kier alpha value is -1.56. The van der Waals surface area contributed by atoms with Crippen LogP contribution in [0.25, 0.3) is 0 Å². The minimum Gasteiger partial charge on any atom is -0.306 e. The van der Waals surface area contributed by atoms with Gasteiger partial charge >= 0.3 is 0 Å². The lowest BCUT2D eigenvalue weighted by Gasteiger charge is -2.19. The third-order valence-electron chi connectivity index (χ3n) is 3.35. The van der Waals surface area contributed by atoms with E-state index in [1.54, 1.807) is 6.92 Å². The summed E-state index contributed by atoms with van der Waals surface area (Å²) in [5.74, 6) is 0.714. The van der Waals surface area contributed by atoms with Gasteiger partial charge in [0.1, 0.15) is 5.69 Å². The van der Waals surface area contributed by atoms with E-state index in [9.17, 15) is 14.9 Å². The third kappa shape index (κ3) is 2.58. The smallest absolute Gasteiger partial charge is 0.293 e. The Bertz CT molecular complexity index is 545. The minimum atomic E-state index is -0.420. The minimum absolute atomic E-state index is 0.00524. The van der Waals surface area contributed by atoms with Gasteiger partial charge in [0.2, 0.25) is 5.91 Å². The average Bonchev–Trinajstić information content (AvgIpc) is 2.69. The van der Waals surface area contributed by atoms with E-state index >= 15 is 0 Å². The van der Waals surface area contributed by atoms with E-state index in [-0.39, 0.29) is 17.5 Å². The molecule has 0 saturated carbocycles. The first-order valence-corrected chi connectivity index (χ1v) is 6.74. The van der Waals surface area contributed by atoms with Gasteiger partial charge in [-0.25, -0.2) is 0 Å². The zero-order chi connectivity index (χ0) is 14.2. The van der Waals surface area contributed by atoms with E-state index in [0.29, 0.717) is 24.4 Å². The lowest BCUT2D eigenvalue weighted by atomic mass is 10.1. The van der Waals surface area contributed by atoms with Crippen LogP contribution in [-0.4, -0.2) is 23.1 Å². The molecule has 0 aromatic heterocycles. The quantitative estimate of drug-likeness (QED) is 0.525. The summed E-state index contributed by atoms with van der Waals surface area (Å²) in [5.41, 5.74) is 2.03. The molecule has 0 bridgehead atoms. The van der Waals surface area contributed by atoms with Crippen LogP contribution in [0.2, 0.25) is 0 Å². The Morgan fingerprint density at radius 2 is 2.16 bits per heavy atom. The molecule has 0 aliphatic carbocycles. The number of benzene rings is 1. The molecule has 102 valence electrons. The molecule has 5 nitrogen and oxygen atoms in total. The Morgan fingerprint density at radius 1 is 1.47 bits per heavy atom. The summed E-state index contributed by atoms with van der Waals surface area (Å²) in [4.78, 5) is 24.3. The lowest BCUT2D eigenvalue weighted by molar-refractivity contribution is -0.384. The SMILES string of the molecule is Cc1cc(C)c(N2CC(CS)CC2=O)c([N+](=O)[O-])c1. The van der Waals surface area contributed by atoms with Gasteiger partial charge in [0, 0.05) is 19.0 Å². The number of rotatable bonds is 3. The fraction of sp³-hybridized carbons (Fsp3) is 0.462. The number of nitrogens with zero attached hydrogens (tertiary/aromatic N) is 2. The zero-order valence-electron chi connectivity index (χ0n) is 10.9. The number of carbonyl (C=O) groups is 1. The fourth-order valence-electron chi connectivity index (χ4n) is 2.55. The normalized spacial score (nSPS) is 19.0. The predicted octanol–water partition coefficient (Wildman–Crippen LogP) is 2.49. The van der Waals surface area contributed by atoms with Crippen molar-refractivity contribution in [1.82, 2.24) is 0 Å². The van der Waals surface area contributed by atoms with E-state index in [2.05, 4.69) is 12.6 Å². The Balaban J connectivity index is 2.50. The molecule has 1 unspecified atom stereocenters. The van der Waals surface area contributed by atoms with Crippen LogP contribution in [-0.2, 0) is 4.79 Å². The summed E-state index contributed by atoms with van der Waals surface area (Å²) >= 11 is 4.21. The highest BCUT2D eigenvalue weighted by atomic mass is 32.1. The van der Waals surface area contributed by atoms with Crippen molar-refractivity contribution in [3.05, 3.63) is 33.4 Å². The number of hydrogen-bond acceptors (Lipinski definition) is 4. The van der Waals surface area contributed by atoms with Gasteiger partial charge in [-0.2, -0.15) is 12.6 Å². The standard InChI is InChI=1S/C13H16N2O3S/c1-8-3-9(2)13(11(4-8)15(17)18)14-6-10(7-19)5-12(14)16/h3-4,10,19H,5-7H2,1-2H3. The number of carbonyl (C=O) groups excluding carboxylic acids is 1. The van der Waals surface area contributed by atoms with Gasteiger partial charge in [-0.15, -0.1) is 0 Å². The van der Waals surface area contributed by atoms with Gasteiger partial charge in [-0.1, -0.05) is 6.07 Å². The molecule has 1 fully saturated rings. The van der Waals surface area contributed by atoms with Gasteiger partial charge in [0.25, 0.3) is 5.69 Å². The number of hydrogen-bond donors (Lipinski definition) is 1. The molecule has 0 radical (unpaired) electrons. The lowest BCUT2D eigenvalue weighted by Crippen LogP contribution is -2.26. The van der Waals surface area contributed by atoms with E-state index in [1.807, 2.05) is 13.0 Å². The molecule has 1 amide bonds. The fourth-order valence-corrected chi connectivity index (χ4v) is 2.79. The van der Waals surface area contributed by atoms with Gasteiger partial charge in [-0.05, 0) is 36.6 Å². The van der Waals surface area contributed by atoms with Gasteiger partial charge in [0.05, 0.1) is 4.92 Å². The van der Waals surface area contributed by atoms with Crippen molar-refractivity contribution in [3.63, 3.8) is 0 Å². The molecule has 6 heteroatoms. The van der Waals surface area contributed by atoms with Crippen molar-refractivity contribution in [2.45, 2.75) is 20.3 Å². The number of amides is 1. The molecule has 1 saturated heterocycles. The van der Waals surface area contributed by atoms with Crippen molar-refractivity contribution in [2.24, 2.45) is 5.92 Å². The molecule has 1 atom stereocenters. The molecule has 1 aliphatic heterocycles. The molecule has 2 rings (SSSR count). The number of aryl methyl sites for hydroxylation is 2. The summed E-state index contributed by atoms with van der Waals surface area (Å²) < 4.78 is 0. The molecular weight excluding hydrogens is 264 g/mol. The van der Waals surface area contributed by atoms with Crippen molar-refractivity contribution >= 4 is 29.9 Å². The van der Waals surface area contributed by atoms with E-state index in [1.165, 1.54) is 11.0 Å². The van der Waals surface area contributed by atoms with Crippen LogP contribution in [0.4, 0.5) is 11.4 Å². The van der Waals surface area contributed by atoms with Gasteiger partial charge in [-0.3, -0.25) is 14.9 Å². The summed E-state index contributed by atoms with van der Waals surface area (Å²) in [6.45, 7) is 4.12. The number of nitro benzene ring substituents is 1. The van der Waals surface area contributed by atoms with Gasteiger partial charge < -0.3 is 4.90 Å². The maximum atomic E-state index is 12.0. The van der Waals surface area contributed by atoms with Crippen LogP contribution >= 0.6 is 12.6 Å². The Kier molecular flexibility index (Phi) is 3.80. The van der Waals surface area contributed by atoms with Crippen LogP contribution in [0.15, 0.2) is 12.1 Å². The second kappa shape index (κ2) is 5.21. The summed E-state index contributed by atoms with van der Waals surface area (Å²) in [5, 5.41) is 11.2. The second-order valence-corrected chi connectivity index (χ2v) is 5.33. The van der Waals surface area contributed by atoms with Crippen LogP contribution in [0, 0.1) is 29.9 Å². The van der Waals surface area contributed by atoms with Gasteiger partial charge in [0.15, 0.2) is 0 Å². The topological polar surface area (TPSA) is 63.5 Å². The average molecular weight is 280 g/mol. The van der Waals surface area contributed by atoms with Crippen LogP contribution < -0.4 is 4.90 Å². The summed E-state index contributed by atoms with van der Waals surface area (Å²) in [6.07, 6.45) is 0.411. The molecular formula is C13H16N2O3S. The van der Waals surface area contributed by atoms with E-state index in [0.717, 1.165) is 11.1 Å². The molecule has 1 aromatic carbocycles. The van der Waals surface area contributed by atoms with Crippen LogP contribution in [0.5, 0.6) is 0 Å². The Morgan fingerprint density at radius 3 is 2.68 bits per heavy atom. The predicted molar refractivity (Wildman–Crippen MR) is 76.9 cm³/mol. The maximum Gasteiger partial charge on any atom is 0.293 e. The zero-order valence-corrected chi connectivity index (χ0v) is 11.8. The molecule has 19 heavy (non-hydrogen) atoms. The summed E-state index contributed by atoms with van der Waals surface area (Å²) in [7, 11) is 0. The molecule has 0 N–H and O–H groups in total. The largest absolute Gasteiger partial charge is 0.306 e. The van der Waals surface area contributed by atoms with Crippen LogP contribution in [0.1, 0.15) is 17.5 Å². The van der Waals surface area contributed by atoms with Crippen molar-refractivity contribution in [3.8, 4) is 0 Å².